The van der Waals surface area contributed by atoms with Crippen LogP contribution in [-0.2, 0) is 9.59 Å². The third-order valence-corrected chi connectivity index (χ3v) is 3.55. The van der Waals surface area contributed by atoms with Crippen molar-refractivity contribution in [1.29, 1.82) is 0 Å². The maximum atomic E-state index is 11.9. The van der Waals surface area contributed by atoms with Crippen molar-refractivity contribution in [2.45, 2.75) is 11.7 Å². The van der Waals surface area contributed by atoms with Crippen LogP contribution in [0.25, 0.3) is 0 Å². The van der Waals surface area contributed by atoms with E-state index in [1.54, 1.807) is 4.90 Å². The van der Waals surface area contributed by atoms with E-state index in [9.17, 15) is 9.59 Å². The van der Waals surface area contributed by atoms with E-state index in [0.29, 0.717) is 5.88 Å². The summed E-state index contributed by atoms with van der Waals surface area (Å²) in [6, 6.07) is 9.30. The molecular weight excluding hydrogens is 226 g/mol. The lowest BCUT2D eigenvalue weighted by atomic mass is 10.2. The van der Waals surface area contributed by atoms with Crippen LogP contribution in [0.5, 0.6) is 0 Å². The van der Waals surface area contributed by atoms with E-state index in [1.165, 1.54) is 11.8 Å². The number of carboxylic acids is 1. The Morgan fingerprint density at radius 3 is 2.75 bits per heavy atom. The first-order valence-corrected chi connectivity index (χ1v) is 5.93. The Morgan fingerprint density at radius 1 is 1.44 bits per heavy atom. The van der Waals surface area contributed by atoms with Gasteiger partial charge in [-0.2, -0.15) is 0 Å². The third-order valence-electron chi connectivity index (χ3n) is 2.37. The van der Waals surface area contributed by atoms with Gasteiger partial charge in [0, 0.05) is 5.69 Å². The molecule has 0 spiro atoms. The number of carboxylic acid groups (broad SMARTS) is 1. The molecule has 1 atom stereocenters. The number of thioether (sulfide) groups is 1. The molecule has 1 aliphatic heterocycles. The Hall–Kier alpha value is -1.49. The van der Waals surface area contributed by atoms with Crippen molar-refractivity contribution in [1.82, 2.24) is 0 Å². The topological polar surface area (TPSA) is 57.6 Å². The van der Waals surface area contributed by atoms with Crippen LogP contribution in [0.4, 0.5) is 5.69 Å². The van der Waals surface area contributed by atoms with E-state index < -0.39 is 11.2 Å². The quantitative estimate of drug-likeness (QED) is 0.867. The first kappa shape index (κ1) is 11.0. The molecule has 0 aliphatic carbocycles. The van der Waals surface area contributed by atoms with Gasteiger partial charge < -0.3 is 10.0 Å². The molecule has 1 N–H and O–H groups in total. The number of carbonyl (C=O) groups is 2. The largest absolute Gasteiger partial charge is 0.481 e. The Labute approximate surface area is 97.3 Å². The summed E-state index contributed by atoms with van der Waals surface area (Å²) in [6.45, 7) is 0. The summed E-state index contributed by atoms with van der Waals surface area (Å²) in [5, 5.41) is 8.22. The van der Waals surface area contributed by atoms with Crippen LogP contribution in [0, 0.1) is 0 Å². The first-order valence-electron chi connectivity index (χ1n) is 4.88. The van der Waals surface area contributed by atoms with Crippen LogP contribution in [0.1, 0.15) is 6.42 Å². The van der Waals surface area contributed by atoms with Gasteiger partial charge in [0.25, 0.3) is 0 Å². The maximum absolute atomic E-state index is 11.9. The summed E-state index contributed by atoms with van der Waals surface area (Å²) in [5.74, 6) is -0.514. The second kappa shape index (κ2) is 4.57. The molecule has 1 aromatic carbocycles. The molecule has 2 rings (SSSR count). The Bertz CT molecular complexity index is 407. The van der Waals surface area contributed by atoms with E-state index in [-0.39, 0.29) is 12.3 Å². The molecule has 1 aromatic rings. The van der Waals surface area contributed by atoms with Gasteiger partial charge >= 0.3 is 5.97 Å². The van der Waals surface area contributed by atoms with Crippen molar-refractivity contribution >= 4 is 29.3 Å². The molecule has 1 heterocycles. The predicted molar refractivity (Wildman–Crippen MR) is 62.4 cm³/mol. The number of anilines is 1. The highest BCUT2D eigenvalue weighted by Crippen LogP contribution is 2.30. The van der Waals surface area contributed by atoms with Crippen molar-refractivity contribution in [3.8, 4) is 0 Å². The number of hydrogen-bond acceptors (Lipinski definition) is 3. The normalized spacial score (nSPS) is 20.1. The molecule has 0 radical (unpaired) electrons. The smallest absolute Gasteiger partial charge is 0.305 e. The third kappa shape index (κ3) is 2.19. The van der Waals surface area contributed by atoms with E-state index in [0.717, 1.165) is 5.69 Å². The van der Waals surface area contributed by atoms with Crippen molar-refractivity contribution in [3.63, 3.8) is 0 Å². The Balaban J connectivity index is 2.11. The zero-order valence-electron chi connectivity index (χ0n) is 8.50. The number of hydrogen-bond donors (Lipinski definition) is 1. The number of aliphatic carboxylic acids is 1. The second-order valence-corrected chi connectivity index (χ2v) is 4.64. The average molecular weight is 237 g/mol. The molecule has 1 amide bonds. The van der Waals surface area contributed by atoms with E-state index in [2.05, 4.69) is 0 Å². The highest BCUT2D eigenvalue weighted by atomic mass is 32.2. The molecule has 1 aliphatic rings. The zero-order valence-corrected chi connectivity index (χ0v) is 9.31. The lowest BCUT2D eigenvalue weighted by molar-refractivity contribution is -0.138. The summed E-state index contributed by atoms with van der Waals surface area (Å²) in [4.78, 5) is 24.1. The van der Waals surface area contributed by atoms with Gasteiger partial charge in [-0.05, 0) is 12.1 Å². The van der Waals surface area contributed by atoms with Gasteiger partial charge in [0.15, 0.2) is 0 Å². The van der Waals surface area contributed by atoms with Crippen LogP contribution in [0.15, 0.2) is 30.3 Å². The number of rotatable bonds is 3. The minimum Gasteiger partial charge on any atom is -0.481 e. The fourth-order valence-corrected chi connectivity index (χ4v) is 2.72. The Kier molecular flexibility index (Phi) is 3.14. The summed E-state index contributed by atoms with van der Waals surface area (Å²) in [6.07, 6.45) is -0.104. The zero-order chi connectivity index (χ0) is 11.5. The highest BCUT2D eigenvalue weighted by Gasteiger charge is 2.34. The second-order valence-electron chi connectivity index (χ2n) is 3.48. The summed E-state index contributed by atoms with van der Waals surface area (Å²) < 4.78 is 0. The molecule has 1 fully saturated rings. The predicted octanol–water partition coefficient (Wildman–Crippen LogP) is 1.57. The van der Waals surface area contributed by atoms with Crippen LogP contribution in [-0.4, -0.2) is 28.1 Å². The maximum Gasteiger partial charge on any atom is 0.305 e. The van der Waals surface area contributed by atoms with Crippen LogP contribution < -0.4 is 4.90 Å². The summed E-state index contributed by atoms with van der Waals surface area (Å²) in [5.41, 5.74) is 0.827. The van der Waals surface area contributed by atoms with E-state index >= 15 is 0 Å². The molecule has 5 heteroatoms. The number of nitrogens with zero attached hydrogens (tertiary/aromatic N) is 1. The van der Waals surface area contributed by atoms with E-state index in [1.807, 2.05) is 30.3 Å². The van der Waals surface area contributed by atoms with Crippen molar-refractivity contribution < 1.29 is 14.7 Å². The van der Waals surface area contributed by atoms with Gasteiger partial charge in [-0.1, -0.05) is 18.2 Å². The van der Waals surface area contributed by atoms with Gasteiger partial charge in [-0.3, -0.25) is 9.59 Å². The molecule has 1 saturated heterocycles. The summed E-state index contributed by atoms with van der Waals surface area (Å²) >= 11 is 1.38. The number of carbonyl (C=O) groups excluding carboxylic acids is 1. The molecule has 0 aromatic heterocycles. The molecule has 16 heavy (non-hydrogen) atoms. The van der Waals surface area contributed by atoms with Gasteiger partial charge in [-0.15, -0.1) is 11.8 Å². The molecule has 0 saturated carbocycles. The minimum atomic E-state index is -0.930. The van der Waals surface area contributed by atoms with E-state index in [4.69, 9.17) is 5.11 Å². The molecule has 84 valence electrons. The molecule has 4 nitrogen and oxygen atoms in total. The van der Waals surface area contributed by atoms with Crippen molar-refractivity contribution in [2.24, 2.45) is 0 Å². The van der Waals surface area contributed by atoms with Gasteiger partial charge in [0.05, 0.1) is 17.5 Å². The fraction of sp³-hybridized carbons (Fsp3) is 0.273. The lowest BCUT2D eigenvalue weighted by Crippen LogP contribution is -2.30. The summed E-state index contributed by atoms with van der Waals surface area (Å²) in [7, 11) is 0. The van der Waals surface area contributed by atoms with Gasteiger partial charge in [-0.25, -0.2) is 0 Å². The monoisotopic (exact) mass is 237 g/mol. The number of amides is 1. The number of para-hydroxylation sites is 1. The Morgan fingerprint density at radius 2 is 2.12 bits per heavy atom. The van der Waals surface area contributed by atoms with Crippen molar-refractivity contribution in [3.05, 3.63) is 30.3 Å². The molecular formula is C11H11NO3S. The van der Waals surface area contributed by atoms with Gasteiger partial charge in [0.2, 0.25) is 5.91 Å². The van der Waals surface area contributed by atoms with Crippen LogP contribution >= 0.6 is 11.8 Å². The molecule has 0 bridgehead atoms. The lowest BCUT2D eigenvalue weighted by Gasteiger charge is -2.14. The van der Waals surface area contributed by atoms with Gasteiger partial charge in [0.1, 0.15) is 0 Å². The minimum absolute atomic E-state index is 0.104. The fourth-order valence-electron chi connectivity index (χ4n) is 1.59. The molecule has 1 unspecified atom stereocenters. The van der Waals surface area contributed by atoms with Crippen LogP contribution in [0.2, 0.25) is 0 Å². The SMILES string of the molecule is O=C(O)CC1SCN(c2ccccc2)C1=O. The average Bonchev–Trinajstić information content (AvgIpc) is 2.61. The van der Waals surface area contributed by atoms with Crippen molar-refractivity contribution in [2.75, 3.05) is 10.8 Å². The highest BCUT2D eigenvalue weighted by molar-refractivity contribution is 8.01. The number of benzene rings is 1. The standard InChI is InChI=1S/C11H11NO3S/c13-10(14)6-9-11(15)12(7-16-9)8-4-2-1-3-5-8/h1-5,9H,6-7H2,(H,13,14). The van der Waals surface area contributed by atoms with Crippen LogP contribution in [0.3, 0.4) is 0 Å². The first-order chi connectivity index (χ1) is 7.68.